The minimum atomic E-state index is -0.917. The first kappa shape index (κ1) is 15.7. The lowest BCUT2D eigenvalue weighted by Gasteiger charge is -2.32. The maximum absolute atomic E-state index is 12.5. The van der Waals surface area contributed by atoms with Crippen molar-refractivity contribution >= 4 is 50.4 Å². The topological polar surface area (TPSA) is 66.8 Å². The lowest BCUT2D eigenvalue weighted by atomic mass is 10.1. The van der Waals surface area contributed by atoms with E-state index in [0.717, 1.165) is 8.04 Å². The van der Waals surface area contributed by atoms with Crippen molar-refractivity contribution in [1.82, 2.24) is 4.90 Å². The van der Waals surface area contributed by atoms with E-state index in [1.54, 1.807) is 4.90 Å². The third kappa shape index (κ3) is 3.92. The van der Waals surface area contributed by atoms with Crippen molar-refractivity contribution in [2.45, 2.75) is 12.5 Å². The van der Waals surface area contributed by atoms with Crippen molar-refractivity contribution in [2.75, 3.05) is 19.7 Å². The number of halogens is 2. The zero-order valence-corrected chi connectivity index (χ0v) is 14.3. The van der Waals surface area contributed by atoms with Crippen LogP contribution in [0.1, 0.15) is 16.8 Å². The zero-order valence-electron chi connectivity index (χ0n) is 10.5. The van der Waals surface area contributed by atoms with E-state index in [9.17, 15) is 9.59 Å². The lowest BCUT2D eigenvalue weighted by molar-refractivity contribution is -0.141. The summed E-state index contributed by atoms with van der Waals surface area (Å²) in [4.78, 5) is 24.9. The normalized spacial score (nSPS) is 18.9. The van der Waals surface area contributed by atoms with Gasteiger partial charge in [-0.3, -0.25) is 9.59 Å². The molecule has 1 saturated heterocycles. The van der Waals surface area contributed by atoms with Crippen LogP contribution in [0.5, 0.6) is 0 Å². The molecule has 7 heteroatoms. The average molecular weight is 454 g/mol. The molecule has 1 aliphatic rings. The Balaban J connectivity index is 2.12. The van der Waals surface area contributed by atoms with E-state index in [0.29, 0.717) is 25.3 Å². The SMILES string of the molecule is O=C(O)CC1CN(C(=O)c2cc(I)ccc2Br)CCO1. The predicted molar refractivity (Wildman–Crippen MR) is 84.8 cm³/mol. The second kappa shape index (κ2) is 6.86. The maximum atomic E-state index is 12.5. The number of nitrogens with zero attached hydrogens (tertiary/aromatic N) is 1. The van der Waals surface area contributed by atoms with Gasteiger partial charge in [-0.1, -0.05) is 0 Å². The lowest BCUT2D eigenvalue weighted by Crippen LogP contribution is -2.46. The number of carboxylic acid groups (broad SMARTS) is 1. The Morgan fingerprint density at radius 1 is 1.50 bits per heavy atom. The summed E-state index contributed by atoms with van der Waals surface area (Å²) in [5.74, 6) is -1.02. The van der Waals surface area contributed by atoms with Crippen LogP contribution in [0.4, 0.5) is 0 Å². The number of carbonyl (C=O) groups is 2. The first-order chi connectivity index (χ1) is 9.47. The van der Waals surface area contributed by atoms with Gasteiger partial charge in [-0.05, 0) is 56.7 Å². The Hall–Kier alpha value is -0.670. The number of ether oxygens (including phenoxy) is 1. The first-order valence-electron chi connectivity index (χ1n) is 6.05. The number of amides is 1. The van der Waals surface area contributed by atoms with E-state index in [4.69, 9.17) is 9.84 Å². The molecule has 0 radical (unpaired) electrons. The smallest absolute Gasteiger partial charge is 0.306 e. The molecule has 108 valence electrons. The minimum Gasteiger partial charge on any atom is -0.481 e. The van der Waals surface area contributed by atoms with Gasteiger partial charge in [0.15, 0.2) is 0 Å². The molecule has 2 rings (SSSR count). The van der Waals surface area contributed by atoms with Gasteiger partial charge in [0.05, 0.1) is 24.7 Å². The van der Waals surface area contributed by atoms with Gasteiger partial charge in [0.1, 0.15) is 0 Å². The number of morpholine rings is 1. The molecule has 1 heterocycles. The highest BCUT2D eigenvalue weighted by Crippen LogP contribution is 2.22. The first-order valence-corrected chi connectivity index (χ1v) is 7.92. The molecule has 0 spiro atoms. The third-order valence-corrected chi connectivity index (χ3v) is 4.35. The molecular formula is C13H13BrINO4. The van der Waals surface area contributed by atoms with E-state index >= 15 is 0 Å². The van der Waals surface area contributed by atoms with Crippen LogP contribution >= 0.6 is 38.5 Å². The molecule has 5 nitrogen and oxygen atoms in total. The molecule has 1 atom stereocenters. The summed E-state index contributed by atoms with van der Waals surface area (Å²) in [6.45, 7) is 1.15. The summed E-state index contributed by atoms with van der Waals surface area (Å²) >= 11 is 5.53. The largest absolute Gasteiger partial charge is 0.481 e. The second-order valence-electron chi connectivity index (χ2n) is 4.47. The fourth-order valence-electron chi connectivity index (χ4n) is 2.05. The Morgan fingerprint density at radius 3 is 2.95 bits per heavy atom. The molecule has 0 aromatic heterocycles. The molecule has 1 N–H and O–H groups in total. The Bertz CT molecular complexity index is 537. The number of carboxylic acids is 1. The van der Waals surface area contributed by atoms with Gasteiger partial charge in [0.2, 0.25) is 0 Å². The van der Waals surface area contributed by atoms with Crippen LogP contribution in [0.3, 0.4) is 0 Å². The molecule has 1 aliphatic heterocycles. The van der Waals surface area contributed by atoms with Crippen molar-refractivity contribution in [2.24, 2.45) is 0 Å². The fourth-order valence-corrected chi connectivity index (χ4v) is 2.96. The zero-order chi connectivity index (χ0) is 14.7. The molecule has 1 aromatic rings. The number of hydrogen-bond donors (Lipinski definition) is 1. The molecular weight excluding hydrogens is 441 g/mol. The van der Waals surface area contributed by atoms with Crippen molar-refractivity contribution in [3.63, 3.8) is 0 Å². The van der Waals surface area contributed by atoms with Gasteiger partial charge < -0.3 is 14.7 Å². The van der Waals surface area contributed by atoms with E-state index in [2.05, 4.69) is 38.5 Å². The second-order valence-corrected chi connectivity index (χ2v) is 6.57. The van der Waals surface area contributed by atoms with E-state index in [-0.39, 0.29) is 12.3 Å². The summed E-state index contributed by atoms with van der Waals surface area (Å²) in [5, 5.41) is 8.80. The fraction of sp³-hybridized carbons (Fsp3) is 0.385. The monoisotopic (exact) mass is 453 g/mol. The minimum absolute atomic E-state index is 0.0860. The highest BCUT2D eigenvalue weighted by atomic mass is 127. The summed E-state index contributed by atoms with van der Waals surface area (Å²) < 4.78 is 7.09. The summed E-state index contributed by atoms with van der Waals surface area (Å²) in [5.41, 5.74) is 0.591. The molecule has 0 aliphatic carbocycles. The number of hydrogen-bond acceptors (Lipinski definition) is 3. The molecule has 0 saturated carbocycles. The van der Waals surface area contributed by atoms with Gasteiger partial charge >= 0.3 is 5.97 Å². The molecule has 20 heavy (non-hydrogen) atoms. The maximum Gasteiger partial charge on any atom is 0.306 e. The third-order valence-electron chi connectivity index (χ3n) is 2.99. The van der Waals surface area contributed by atoms with E-state index < -0.39 is 12.1 Å². The average Bonchev–Trinajstić information content (AvgIpc) is 2.40. The van der Waals surface area contributed by atoms with Gasteiger partial charge in [0.25, 0.3) is 5.91 Å². The van der Waals surface area contributed by atoms with Crippen LogP contribution < -0.4 is 0 Å². The van der Waals surface area contributed by atoms with Crippen LogP contribution in [0.15, 0.2) is 22.7 Å². The molecule has 1 amide bonds. The quantitative estimate of drug-likeness (QED) is 0.713. The van der Waals surface area contributed by atoms with Gasteiger partial charge in [-0.2, -0.15) is 0 Å². The molecule has 1 unspecified atom stereocenters. The van der Waals surface area contributed by atoms with Crippen LogP contribution in [0.2, 0.25) is 0 Å². The van der Waals surface area contributed by atoms with Crippen molar-refractivity contribution in [1.29, 1.82) is 0 Å². The van der Waals surface area contributed by atoms with Crippen LogP contribution in [-0.4, -0.2) is 47.7 Å². The van der Waals surface area contributed by atoms with Gasteiger partial charge in [-0.15, -0.1) is 0 Å². The van der Waals surface area contributed by atoms with E-state index in [1.165, 1.54) is 0 Å². The molecule has 1 fully saturated rings. The molecule has 1 aromatic carbocycles. The Labute approximate surface area is 138 Å². The van der Waals surface area contributed by atoms with Crippen molar-refractivity contribution < 1.29 is 19.4 Å². The van der Waals surface area contributed by atoms with E-state index in [1.807, 2.05) is 18.2 Å². The van der Waals surface area contributed by atoms with Gasteiger partial charge in [0, 0.05) is 21.1 Å². The number of benzene rings is 1. The summed E-state index contributed by atoms with van der Waals surface area (Å²) in [6.07, 6.45) is -0.524. The van der Waals surface area contributed by atoms with Crippen LogP contribution in [0, 0.1) is 3.57 Å². The Morgan fingerprint density at radius 2 is 2.25 bits per heavy atom. The number of rotatable bonds is 3. The summed E-state index contributed by atoms with van der Waals surface area (Å²) in [6, 6.07) is 5.56. The summed E-state index contributed by atoms with van der Waals surface area (Å²) in [7, 11) is 0. The molecule has 0 bridgehead atoms. The van der Waals surface area contributed by atoms with Crippen molar-refractivity contribution in [3.05, 3.63) is 31.8 Å². The standard InChI is InChI=1S/C13H13BrINO4/c14-11-2-1-8(15)5-10(11)13(19)16-3-4-20-9(7-16)6-12(17)18/h1-2,5,9H,3-4,6-7H2,(H,17,18). The Kier molecular flexibility index (Phi) is 5.39. The number of aliphatic carboxylic acids is 1. The van der Waals surface area contributed by atoms with Gasteiger partial charge in [-0.25, -0.2) is 0 Å². The number of carbonyl (C=O) groups excluding carboxylic acids is 1. The van der Waals surface area contributed by atoms with Crippen LogP contribution in [0.25, 0.3) is 0 Å². The predicted octanol–water partition coefficient (Wildman–Crippen LogP) is 2.37. The van der Waals surface area contributed by atoms with Crippen LogP contribution in [-0.2, 0) is 9.53 Å². The highest BCUT2D eigenvalue weighted by Gasteiger charge is 2.27. The highest BCUT2D eigenvalue weighted by molar-refractivity contribution is 14.1. The van der Waals surface area contributed by atoms with Crippen molar-refractivity contribution in [3.8, 4) is 0 Å².